The second-order valence-corrected chi connectivity index (χ2v) is 14.2. The zero-order chi connectivity index (χ0) is 26.9. The number of fused-ring (bicyclic) bond motifs is 3. The third kappa shape index (κ3) is 6.23. The summed E-state index contributed by atoms with van der Waals surface area (Å²) in [6.07, 6.45) is 13.3. The van der Waals surface area contributed by atoms with Crippen LogP contribution in [0.4, 0.5) is 4.39 Å². The van der Waals surface area contributed by atoms with Crippen molar-refractivity contribution in [3.63, 3.8) is 0 Å². The maximum atomic E-state index is 13.6. The SMILES string of the molecule is O=C(COc1ccc(Cl)c(F)c1)NC1CC(NC(=O)C2CC3C(NCCC3C3CCCCCC3)S2)C2CC1C2. The smallest absolute Gasteiger partial charge is 0.258 e. The van der Waals surface area contributed by atoms with Gasteiger partial charge in [0.25, 0.3) is 5.91 Å². The maximum Gasteiger partial charge on any atom is 0.258 e. The molecule has 4 aliphatic carbocycles. The molecule has 6 aliphatic rings. The lowest BCUT2D eigenvalue weighted by Gasteiger charge is -2.51. The minimum Gasteiger partial charge on any atom is -0.484 e. The van der Waals surface area contributed by atoms with E-state index < -0.39 is 5.82 Å². The Balaban J connectivity index is 0.997. The third-order valence-electron chi connectivity index (χ3n) is 10.1. The molecule has 0 radical (unpaired) electrons. The van der Waals surface area contributed by atoms with E-state index in [1.807, 2.05) is 11.8 Å². The molecule has 39 heavy (non-hydrogen) atoms. The van der Waals surface area contributed by atoms with E-state index in [2.05, 4.69) is 16.0 Å². The van der Waals surface area contributed by atoms with Gasteiger partial charge in [-0.3, -0.25) is 9.59 Å². The molecule has 2 aliphatic heterocycles. The van der Waals surface area contributed by atoms with Gasteiger partial charge in [0.15, 0.2) is 6.61 Å². The van der Waals surface area contributed by atoms with Crippen LogP contribution < -0.4 is 20.7 Å². The molecule has 1 aromatic carbocycles. The van der Waals surface area contributed by atoms with E-state index in [-0.39, 0.29) is 46.5 Å². The van der Waals surface area contributed by atoms with Gasteiger partial charge in [-0.1, -0.05) is 50.1 Å². The lowest BCUT2D eigenvalue weighted by molar-refractivity contribution is -0.126. The van der Waals surface area contributed by atoms with E-state index >= 15 is 0 Å². The zero-order valence-electron chi connectivity index (χ0n) is 22.5. The van der Waals surface area contributed by atoms with E-state index in [1.165, 1.54) is 57.1 Å². The Labute approximate surface area is 240 Å². The first-order valence-corrected chi connectivity index (χ1v) is 16.3. The van der Waals surface area contributed by atoms with Gasteiger partial charge in [-0.15, -0.1) is 11.8 Å². The van der Waals surface area contributed by atoms with Crippen LogP contribution in [-0.2, 0) is 9.59 Å². The molecule has 7 rings (SSSR count). The number of rotatable bonds is 7. The van der Waals surface area contributed by atoms with E-state index in [0.717, 1.165) is 44.1 Å². The highest BCUT2D eigenvalue weighted by atomic mass is 35.5. The number of halogens is 2. The summed E-state index contributed by atoms with van der Waals surface area (Å²) in [5, 5.41) is 10.7. The maximum absolute atomic E-state index is 13.6. The minimum atomic E-state index is -0.573. The number of ether oxygens (including phenoxy) is 1. The molecule has 3 N–H and O–H groups in total. The number of carbonyl (C=O) groups excluding carboxylic acids is 2. The monoisotopic (exact) mass is 577 g/mol. The summed E-state index contributed by atoms with van der Waals surface area (Å²) in [5.74, 6) is 2.81. The molecule has 2 saturated heterocycles. The summed E-state index contributed by atoms with van der Waals surface area (Å²) in [6.45, 7) is 0.898. The number of nitrogens with one attached hydrogen (secondary N) is 3. The molecule has 0 spiro atoms. The van der Waals surface area contributed by atoms with Gasteiger partial charge < -0.3 is 20.7 Å². The van der Waals surface area contributed by atoms with Gasteiger partial charge >= 0.3 is 0 Å². The summed E-state index contributed by atoms with van der Waals surface area (Å²) in [4.78, 5) is 26.1. The summed E-state index contributed by atoms with van der Waals surface area (Å²) in [5.41, 5.74) is 0. The Hall–Kier alpha value is -1.51. The van der Waals surface area contributed by atoms with Crippen LogP contribution in [0.5, 0.6) is 5.75 Å². The standard InChI is InChI=1S/C30H41ClFN3O3S/c31-23-8-7-20(13-24(23)32)38-16-28(36)34-25-15-26(19-11-18(25)12-19)35-29(37)27-14-22-21(9-10-33-30(22)39-27)17-5-3-1-2-4-6-17/h7-8,13,17-19,21-22,25-27,30,33H,1-6,9-12,14-16H2,(H,34,36)(H,35,37). The van der Waals surface area contributed by atoms with Crippen LogP contribution in [0.2, 0.25) is 5.02 Å². The van der Waals surface area contributed by atoms with Gasteiger partial charge in [-0.05, 0) is 80.4 Å². The Morgan fingerprint density at radius 2 is 1.69 bits per heavy atom. The first kappa shape index (κ1) is 27.6. The highest BCUT2D eigenvalue weighted by Gasteiger charge is 2.49. The fourth-order valence-electron chi connectivity index (χ4n) is 8.02. The molecule has 2 amide bonds. The Morgan fingerprint density at radius 3 is 2.44 bits per heavy atom. The molecule has 2 bridgehead atoms. The number of amides is 2. The summed E-state index contributed by atoms with van der Waals surface area (Å²) in [6, 6.07) is 4.28. The Bertz CT molecular complexity index is 1050. The van der Waals surface area contributed by atoms with E-state index in [1.54, 1.807) is 6.07 Å². The molecule has 2 heterocycles. The van der Waals surface area contributed by atoms with Gasteiger partial charge in [0.05, 0.1) is 15.6 Å². The highest BCUT2D eigenvalue weighted by Crippen LogP contribution is 2.49. The molecular formula is C30H41ClFN3O3S. The van der Waals surface area contributed by atoms with Crippen LogP contribution in [0.3, 0.4) is 0 Å². The number of carbonyl (C=O) groups is 2. The van der Waals surface area contributed by atoms with Gasteiger partial charge in [0, 0.05) is 18.2 Å². The van der Waals surface area contributed by atoms with E-state index in [9.17, 15) is 14.0 Å². The van der Waals surface area contributed by atoms with E-state index in [4.69, 9.17) is 16.3 Å². The quantitative estimate of drug-likeness (QED) is 0.384. The van der Waals surface area contributed by atoms with Gasteiger partial charge in [0.1, 0.15) is 11.6 Å². The molecular weight excluding hydrogens is 537 g/mol. The van der Waals surface area contributed by atoms with Crippen molar-refractivity contribution in [2.75, 3.05) is 13.2 Å². The Morgan fingerprint density at radius 1 is 0.949 bits per heavy atom. The van der Waals surface area contributed by atoms with E-state index in [0.29, 0.717) is 23.1 Å². The molecule has 6 fully saturated rings. The molecule has 1 aromatic rings. The second kappa shape index (κ2) is 12.2. The fourth-order valence-corrected chi connectivity index (χ4v) is 9.75. The molecule has 9 heteroatoms. The van der Waals surface area contributed by atoms with Crippen molar-refractivity contribution in [3.05, 3.63) is 29.0 Å². The van der Waals surface area contributed by atoms with Crippen LogP contribution in [0.15, 0.2) is 18.2 Å². The summed E-state index contributed by atoms with van der Waals surface area (Å²) >= 11 is 7.57. The first-order valence-electron chi connectivity index (χ1n) is 15.0. The molecule has 6 unspecified atom stereocenters. The number of piperidine rings is 1. The summed E-state index contributed by atoms with van der Waals surface area (Å²) in [7, 11) is 0. The molecule has 6 nitrogen and oxygen atoms in total. The average molecular weight is 578 g/mol. The predicted molar refractivity (Wildman–Crippen MR) is 152 cm³/mol. The van der Waals surface area contributed by atoms with Crippen LogP contribution >= 0.6 is 23.4 Å². The van der Waals surface area contributed by atoms with Crippen molar-refractivity contribution in [1.82, 2.24) is 16.0 Å². The van der Waals surface area contributed by atoms with Crippen molar-refractivity contribution in [1.29, 1.82) is 0 Å². The first-order chi connectivity index (χ1) is 18.9. The van der Waals surface area contributed by atoms with Crippen LogP contribution in [-0.4, -0.2) is 47.7 Å². The van der Waals surface area contributed by atoms with Crippen molar-refractivity contribution >= 4 is 35.2 Å². The van der Waals surface area contributed by atoms with Crippen molar-refractivity contribution < 1.29 is 18.7 Å². The number of benzene rings is 1. The molecule has 4 saturated carbocycles. The average Bonchev–Trinajstić information content (AvgIpc) is 3.16. The second-order valence-electron chi connectivity index (χ2n) is 12.5. The number of hydrogen-bond donors (Lipinski definition) is 3. The topological polar surface area (TPSA) is 79.5 Å². The van der Waals surface area contributed by atoms with Gasteiger partial charge in [0.2, 0.25) is 5.91 Å². The fraction of sp³-hybridized carbons (Fsp3) is 0.733. The van der Waals surface area contributed by atoms with Crippen molar-refractivity contribution in [3.8, 4) is 5.75 Å². The number of thioether (sulfide) groups is 1. The lowest BCUT2D eigenvalue weighted by atomic mass is 9.60. The van der Waals surface area contributed by atoms with Crippen molar-refractivity contribution in [2.24, 2.45) is 29.6 Å². The molecule has 0 aromatic heterocycles. The summed E-state index contributed by atoms with van der Waals surface area (Å²) < 4.78 is 19.1. The van der Waals surface area contributed by atoms with Gasteiger partial charge in [-0.25, -0.2) is 4.39 Å². The van der Waals surface area contributed by atoms with Gasteiger partial charge in [-0.2, -0.15) is 0 Å². The zero-order valence-corrected chi connectivity index (χ0v) is 24.1. The normalized spacial score (nSPS) is 36.3. The minimum absolute atomic E-state index is 0.0119. The lowest BCUT2D eigenvalue weighted by Crippen LogP contribution is -2.60. The molecule has 214 valence electrons. The predicted octanol–water partition coefficient (Wildman–Crippen LogP) is 5.29. The Kier molecular flexibility index (Phi) is 8.62. The van der Waals surface area contributed by atoms with Crippen LogP contribution in [0.25, 0.3) is 0 Å². The molecule has 6 atom stereocenters. The number of hydrogen-bond acceptors (Lipinski definition) is 5. The highest BCUT2D eigenvalue weighted by molar-refractivity contribution is 8.01. The van der Waals surface area contributed by atoms with Crippen LogP contribution in [0.1, 0.15) is 70.6 Å². The third-order valence-corrected chi connectivity index (χ3v) is 12.0. The largest absolute Gasteiger partial charge is 0.484 e. The van der Waals surface area contributed by atoms with Crippen molar-refractivity contribution in [2.45, 2.75) is 93.3 Å². The van der Waals surface area contributed by atoms with Crippen LogP contribution in [0, 0.1) is 35.4 Å².